The Morgan fingerprint density at radius 1 is 1.18 bits per heavy atom. The van der Waals surface area contributed by atoms with E-state index in [4.69, 9.17) is 10.5 Å². The second-order valence-electron chi connectivity index (χ2n) is 6.04. The van der Waals surface area contributed by atoms with Gasteiger partial charge >= 0.3 is 0 Å². The molecule has 2 heteroatoms. The van der Waals surface area contributed by atoms with Crippen LogP contribution < -0.4 is 5.73 Å². The van der Waals surface area contributed by atoms with Crippen LogP contribution >= 0.6 is 0 Å². The highest BCUT2D eigenvalue weighted by Gasteiger charge is 2.29. The molecule has 17 heavy (non-hydrogen) atoms. The molecule has 1 fully saturated rings. The maximum atomic E-state index is 6.35. The molecule has 1 saturated carbocycles. The Bertz CT molecular complexity index is 264. The monoisotopic (exact) mass is 237 g/mol. The fraction of sp³-hybridized carbons (Fsp3) is 0.867. The summed E-state index contributed by atoms with van der Waals surface area (Å²) in [6.45, 7) is 5.55. The number of hydrogen-bond donors (Lipinski definition) is 1. The lowest BCUT2D eigenvalue weighted by atomic mass is 9.74. The molecule has 1 aliphatic carbocycles. The molecule has 0 aromatic rings. The van der Waals surface area contributed by atoms with E-state index in [-0.39, 0.29) is 6.04 Å². The first kappa shape index (κ1) is 12.9. The molecule has 1 aliphatic heterocycles. The van der Waals surface area contributed by atoms with Crippen LogP contribution in [0.2, 0.25) is 0 Å². The minimum absolute atomic E-state index is 0.156. The molecule has 0 aromatic heterocycles. The van der Waals surface area contributed by atoms with Gasteiger partial charge in [-0.2, -0.15) is 0 Å². The molecule has 2 nitrogen and oxygen atoms in total. The molecule has 1 atom stereocenters. The van der Waals surface area contributed by atoms with Crippen LogP contribution in [0, 0.1) is 17.8 Å². The zero-order valence-corrected chi connectivity index (χ0v) is 11.3. The molecule has 2 rings (SSSR count). The first-order chi connectivity index (χ1) is 8.18. The molecule has 1 heterocycles. The fourth-order valence-electron chi connectivity index (χ4n) is 3.21. The molecule has 0 aromatic carbocycles. The molecule has 0 spiro atoms. The normalized spacial score (nSPS) is 31.9. The van der Waals surface area contributed by atoms with E-state index in [0.717, 1.165) is 37.0 Å². The van der Waals surface area contributed by atoms with Gasteiger partial charge in [-0.15, -0.1) is 0 Å². The van der Waals surface area contributed by atoms with Gasteiger partial charge in [-0.05, 0) is 62.4 Å². The standard InChI is InChI=1S/C15H27NO/c1-11(2)12-6-8-13(9-7-12)15(16)14-5-3-4-10-17-14/h5,11-13,15H,3-4,6-10,16H2,1-2H3. The van der Waals surface area contributed by atoms with Gasteiger partial charge in [0.05, 0.1) is 12.6 Å². The van der Waals surface area contributed by atoms with Crippen molar-refractivity contribution < 1.29 is 4.74 Å². The van der Waals surface area contributed by atoms with Crippen molar-refractivity contribution in [3.8, 4) is 0 Å². The van der Waals surface area contributed by atoms with E-state index < -0.39 is 0 Å². The number of rotatable bonds is 3. The molecular formula is C15H27NO. The highest BCUT2D eigenvalue weighted by Crippen LogP contribution is 2.36. The average Bonchev–Trinajstić information content (AvgIpc) is 2.39. The highest BCUT2D eigenvalue weighted by molar-refractivity contribution is 5.07. The molecule has 0 bridgehead atoms. The van der Waals surface area contributed by atoms with Crippen molar-refractivity contribution in [1.82, 2.24) is 0 Å². The van der Waals surface area contributed by atoms with Crippen LogP contribution in [-0.4, -0.2) is 12.6 Å². The maximum absolute atomic E-state index is 6.35. The predicted molar refractivity (Wildman–Crippen MR) is 71.5 cm³/mol. The third-order valence-electron chi connectivity index (χ3n) is 4.56. The molecule has 0 amide bonds. The highest BCUT2D eigenvalue weighted by atomic mass is 16.5. The van der Waals surface area contributed by atoms with E-state index in [0.29, 0.717) is 5.92 Å². The first-order valence-corrected chi connectivity index (χ1v) is 7.27. The largest absolute Gasteiger partial charge is 0.497 e. The van der Waals surface area contributed by atoms with Crippen LogP contribution in [0.15, 0.2) is 11.8 Å². The van der Waals surface area contributed by atoms with Crippen molar-refractivity contribution in [2.45, 2.75) is 58.4 Å². The van der Waals surface area contributed by atoms with Gasteiger partial charge in [0.1, 0.15) is 5.76 Å². The van der Waals surface area contributed by atoms with Crippen molar-refractivity contribution >= 4 is 0 Å². The summed E-state index contributed by atoms with van der Waals surface area (Å²) in [6.07, 6.45) is 9.77. The van der Waals surface area contributed by atoms with Crippen LogP contribution in [0.3, 0.4) is 0 Å². The zero-order valence-electron chi connectivity index (χ0n) is 11.3. The Kier molecular flexibility index (Phi) is 4.49. The van der Waals surface area contributed by atoms with E-state index in [9.17, 15) is 0 Å². The summed E-state index contributed by atoms with van der Waals surface area (Å²) in [5.41, 5.74) is 6.35. The summed E-state index contributed by atoms with van der Waals surface area (Å²) in [6, 6.07) is 0.156. The van der Waals surface area contributed by atoms with Crippen LogP contribution in [0.5, 0.6) is 0 Å². The Hall–Kier alpha value is -0.500. The van der Waals surface area contributed by atoms with Crippen molar-refractivity contribution in [3.63, 3.8) is 0 Å². The zero-order chi connectivity index (χ0) is 12.3. The third kappa shape index (κ3) is 3.25. The Balaban J connectivity index is 1.85. The van der Waals surface area contributed by atoms with Gasteiger partial charge in [0.15, 0.2) is 0 Å². The molecule has 2 aliphatic rings. The summed E-state index contributed by atoms with van der Waals surface area (Å²) in [5, 5.41) is 0. The Labute approximate surface area is 106 Å². The number of allylic oxidation sites excluding steroid dienone is 1. The maximum Gasteiger partial charge on any atom is 0.109 e. The van der Waals surface area contributed by atoms with E-state index in [2.05, 4.69) is 19.9 Å². The third-order valence-corrected chi connectivity index (χ3v) is 4.56. The minimum atomic E-state index is 0.156. The smallest absolute Gasteiger partial charge is 0.109 e. The van der Waals surface area contributed by atoms with Gasteiger partial charge in [0, 0.05) is 0 Å². The van der Waals surface area contributed by atoms with Crippen molar-refractivity contribution in [1.29, 1.82) is 0 Å². The summed E-state index contributed by atoms with van der Waals surface area (Å²) in [7, 11) is 0. The number of nitrogens with two attached hydrogens (primary N) is 1. The minimum Gasteiger partial charge on any atom is -0.497 e. The average molecular weight is 237 g/mol. The second-order valence-corrected chi connectivity index (χ2v) is 6.04. The van der Waals surface area contributed by atoms with E-state index in [1.165, 1.54) is 25.7 Å². The van der Waals surface area contributed by atoms with E-state index >= 15 is 0 Å². The lowest BCUT2D eigenvalue weighted by Crippen LogP contribution is -2.36. The van der Waals surface area contributed by atoms with Crippen molar-refractivity contribution in [2.24, 2.45) is 23.5 Å². The molecule has 98 valence electrons. The Morgan fingerprint density at radius 3 is 2.35 bits per heavy atom. The van der Waals surface area contributed by atoms with Gasteiger partial charge in [0.25, 0.3) is 0 Å². The summed E-state index contributed by atoms with van der Waals surface area (Å²) in [4.78, 5) is 0. The summed E-state index contributed by atoms with van der Waals surface area (Å²) >= 11 is 0. The van der Waals surface area contributed by atoms with Crippen LogP contribution in [0.25, 0.3) is 0 Å². The van der Waals surface area contributed by atoms with Gasteiger partial charge in [-0.25, -0.2) is 0 Å². The number of ether oxygens (including phenoxy) is 1. The molecule has 2 N–H and O–H groups in total. The van der Waals surface area contributed by atoms with Gasteiger partial charge in [-0.1, -0.05) is 13.8 Å². The van der Waals surface area contributed by atoms with Crippen LogP contribution in [-0.2, 0) is 4.74 Å². The van der Waals surface area contributed by atoms with Crippen LogP contribution in [0.4, 0.5) is 0 Å². The predicted octanol–water partition coefficient (Wildman–Crippen LogP) is 3.47. The quantitative estimate of drug-likeness (QED) is 0.815. The Morgan fingerprint density at radius 2 is 1.82 bits per heavy atom. The SMILES string of the molecule is CC(C)C1CCC(C(N)C2=CCCCO2)CC1. The molecule has 0 saturated heterocycles. The lowest BCUT2D eigenvalue weighted by molar-refractivity contribution is 0.139. The van der Waals surface area contributed by atoms with E-state index in [1.54, 1.807) is 0 Å². The first-order valence-electron chi connectivity index (χ1n) is 7.27. The van der Waals surface area contributed by atoms with E-state index in [1.807, 2.05) is 0 Å². The number of hydrogen-bond acceptors (Lipinski definition) is 2. The lowest BCUT2D eigenvalue weighted by Gasteiger charge is -2.35. The molecular weight excluding hydrogens is 210 g/mol. The molecule has 0 radical (unpaired) electrons. The van der Waals surface area contributed by atoms with Gasteiger partial charge < -0.3 is 10.5 Å². The van der Waals surface area contributed by atoms with Crippen molar-refractivity contribution in [2.75, 3.05) is 6.61 Å². The summed E-state index contributed by atoms with van der Waals surface area (Å²) < 4.78 is 5.70. The summed E-state index contributed by atoms with van der Waals surface area (Å²) in [5.74, 6) is 3.47. The van der Waals surface area contributed by atoms with Gasteiger partial charge in [-0.3, -0.25) is 0 Å². The fourth-order valence-corrected chi connectivity index (χ4v) is 3.21. The topological polar surface area (TPSA) is 35.2 Å². The van der Waals surface area contributed by atoms with Gasteiger partial charge in [0.2, 0.25) is 0 Å². The second kappa shape index (κ2) is 5.90. The van der Waals surface area contributed by atoms with Crippen molar-refractivity contribution in [3.05, 3.63) is 11.8 Å². The molecule has 1 unspecified atom stereocenters. The van der Waals surface area contributed by atoms with Crippen LogP contribution in [0.1, 0.15) is 52.4 Å².